The van der Waals surface area contributed by atoms with E-state index in [9.17, 15) is 19.7 Å². The Labute approximate surface area is 185 Å². The largest absolute Gasteiger partial charge is 0.351 e. The molecule has 0 aliphatic carbocycles. The minimum atomic E-state index is -1.53. The van der Waals surface area contributed by atoms with Crippen LogP contribution in [0.15, 0.2) is 84.9 Å². The van der Waals surface area contributed by atoms with E-state index in [0.29, 0.717) is 11.1 Å². The van der Waals surface area contributed by atoms with E-state index in [1.165, 1.54) is 12.1 Å². The number of para-hydroxylation sites is 1. The zero-order valence-corrected chi connectivity index (χ0v) is 17.0. The molecular formula is C27H18FN3O. The summed E-state index contributed by atoms with van der Waals surface area (Å²) < 4.78 is 13.7. The van der Waals surface area contributed by atoms with Gasteiger partial charge in [0.05, 0.1) is 18.2 Å². The molecule has 32 heavy (non-hydrogen) atoms. The fourth-order valence-electron chi connectivity index (χ4n) is 5.05. The Morgan fingerprint density at radius 3 is 2.25 bits per heavy atom. The predicted octanol–water partition coefficient (Wildman–Crippen LogP) is 5.11. The van der Waals surface area contributed by atoms with E-state index in [1.807, 2.05) is 47.4 Å². The summed E-state index contributed by atoms with van der Waals surface area (Å²) in [5, 5.41) is 20.7. The lowest BCUT2D eigenvalue weighted by atomic mass is 9.69. The van der Waals surface area contributed by atoms with E-state index < -0.39 is 29.2 Å². The number of halogens is 1. The van der Waals surface area contributed by atoms with Crippen molar-refractivity contribution in [2.24, 2.45) is 5.41 Å². The van der Waals surface area contributed by atoms with Crippen LogP contribution in [0.3, 0.4) is 0 Å². The number of nitrogens with zero attached hydrogens (tertiary/aromatic N) is 3. The van der Waals surface area contributed by atoms with Gasteiger partial charge in [0.2, 0.25) is 0 Å². The minimum Gasteiger partial charge on any atom is -0.351 e. The summed E-state index contributed by atoms with van der Waals surface area (Å²) >= 11 is 0. The molecule has 4 nitrogen and oxygen atoms in total. The topological polar surface area (TPSA) is 67.9 Å². The zero-order valence-electron chi connectivity index (χ0n) is 17.0. The van der Waals surface area contributed by atoms with Gasteiger partial charge in [-0.1, -0.05) is 72.8 Å². The van der Waals surface area contributed by atoms with Crippen molar-refractivity contribution in [2.75, 3.05) is 4.90 Å². The first-order valence-electron chi connectivity index (χ1n) is 10.3. The van der Waals surface area contributed by atoms with Gasteiger partial charge in [0.1, 0.15) is 11.9 Å². The van der Waals surface area contributed by atoms with Gasteiger partial charge in [0, 0.05) is 17.2 Å². The maximum absolute atomic E-state index is 13.9. The molecule has 154 valence electrons. The van der Waals surface area contributed by atoms with Crippen LogP contribution in [0.4, 0.5) is 10.1 Å². The molecular weight excluding hydrogens is 401 g/mol. The molecule has 2 aliphatic rings. The van der Waals surface area contributed by atoms with Crippen molar-refractivity contribution in [3.8, 4) is 12.1 Å². The minimum absolute atomic E-state index is 0.178. The second-order valence-corrected chi connectivity index (χ2v) is 8.07. The van der Waals surface area contributed by atoms with Crippen molar-refractivity contribution in [1.82, 2.24) is 0 Å². The fraction of sp³-hybridized carbons (Fsp3) is 0.148. The van der Waals surface area contributed by atoms with Crippen LogP contribution in [0.2, 0.25) is 0 Å². The first kappa shape index (κ1) is 19.7. The van der Waals surface area contributed by atoms with Crippen LogP contribution < -0.4 is 4.90 Å². The van der Waals surface area contributed by atoms with Gasteiger partial charge in [-0.2, -0.15) is 10.5 Å². The monoisotopic (exact) mass is 419 g/mol. The number of nitriles is 2. The second-order valence-electron chi connectivity index (χ2n) is 8.07. The summed E-state index contributed by atoms with van der Waals surface area (Å²) in [6.45, 7) is 0. The van der Waals surface area contributed by atoms with Crippen LogP contribution in [0.25, 0.3) is 6.08 Å². The van der Waals surface area contributed by atoms with Crippen molar-refractivity contribution in [2.45, 2.75) is 18.0 Å². The van der Waals surface area contributed by atoms with Crippen molar-refractivity contribution < 1.29 is 9.18 Å². The Kier molecular flexibility index (Phi) is 4.61. The third kappa shape index (κ3) is 2.76. The molecule has 3 aromatic carbocycles. The average Bonchev–Trinajstić information content (AvgIpc) is 3.15. The predicted molar refractivity (Wildman–Crippen MR) is 119 cm³/mol. The third-order valence-corrected chi connectivity index (χ3v) is 6.47. The number of carbonyl (C=O) groups excluding carboxylic acids is 1. The van der Waals surface area contributed by atoms with E-state index in [1.54, 1.807) is 36.4 Å². The van der Waals surface area contributed by atoms with Gasteiger partial charge in [-0.15, -0.1) is 0 Å². The number of benzene rings is 3. The summed E-state index contributed by atoms with van der Waals surface area (Å²) in [7, 11) is 0. The first-order chi connectivity index (χ1) is 15.6. The number of anilines is 1. The lowest BCUT2D eigenvalue weighted by Gasteiger charge is -2.35. The first-order valence-corrected chi connectivity index (χ1v) is 10.3. The number of rotatable bonds is 3. The third-order valence-electron chi connectivity index (χ3n) is 6.47. The molecule has 3 atom stereocenters. The van der Waals surface area contributed by atoms with E-state index in [0.717, 1.165) is 11.3 Å². The smallest absolute Gasteiger partial charge is 0.185 e. The molecule has 0 unspecified atom stereocenters. The molecule has 0 spiro atoms. The summed E-state index contributed by atoms with van der Waals surface area (Å²) in [6.07, 6.45) is 3.74. The molecule has 5 heteroatoms. The van der Waals surface area contributed by atoms with Crippen molar-refractivity contribution in [3.05, 3.63) is 107 Å². The highest BCUT2D eigenvalue weighted by Crippen LogP contribution is 2.55. The van der Waals surface area contributed by atoms with Crippen molar-refractivity contribution >= 4 is 17.5 Å². The van der Waals surface area contributed by atoms with Gasteiger partial charge >= 0.3 is 0 Å². The zero-order chi connectivity index (χ0) is 22.3. The van der Waals surface area contributed by atoms with Crippen LogP contribution in [0.1, 0.15) is 27.4 Å². The van der Waals surface area contributed by atoms with Gasteiger partial charge in [-0.25, -0.2) is 4.39 Å². The summed E-state index contributed by atoms with van der Waals surface area (Å²) in [6, 6.07) is 25.4. The van der Waals surface area contributed by atoms with Gasteiger partial charge in [-0.05, 0) is 29.3 Å². The summed E-state index contributed by atoms with van der Waals surface area (Å²) in [5.41, 5.74) is 1.27. The van der Waals surface area contributed by atoms with Crippen LogP contribution >= 0.6 is 0 Å². The summed E-state index contributed by atoms with van der Waals surface area (Å²) in [5.74, 6) is -1.37. The molecule has 0 bridgehead atoms. The molecule has 1 fully saturated rings. The molecule has 3 aromatic rings. The second kappa shape index (κ2) is 7.48. The van der Waals surface area contributed by atoms with Gasteiger partial charge in [0.25, 0.3) is 0 Å². The Morgan fingerprint density at radius 2 is 1.56 bits per heavy atom. The number of ketones is 1. The SMILES string of the molecule is N#CC1(C#N)[C@H](c2ccc(F)cc2)[C@@H](C(=O)c2ccccc2)N2c3ccccc3C=C[C@@H]21. The van der Waals surface area contributed by atoms with Crippen LogP contribution in [-0.4, -0.2) is 17.9 Å². The molecule has 0 aromatic heterocycles. The summed E-state index contributed by atoms with van der Waals surface area (Å²) in [4.78, 5) is 15.8. The van der Waals surface area contributed by atoms with Crippen LogP contribution in [-0.2, 0) is 0 Å². The molecule has 0 amide bonds. The number of hydrogen-bond acceptors (Lipinski definition) is 4. The molecule has 5 rings (SSSR count). The van der Waals surface area contributed by atoms with Crippen molar-refractivity contribution in [3.63, 3.8) is 0 Å². The lowest BCUT2D eigenvalue weighted by Crippen LogP contribution is -2.44. The van der Waals surface area contributed by atoms with E-state index in [4.69, 9.17) is 0 Å². The quantitative estimate of drug-likeness (QED) is 0.553. The van der Waals surface area contributed by atoms with Crippen LogP contribution in [0, 0.1) is 33.9 Å². The molecule has 0 saturated carbocycles. The molecule has 2 heterocycles. The van der Waals surface area contributed by atoms with Gasteiger partial charge < -0.3 is 4.90 Å². The number of carbonyl (C=O) groups is 1. The molecule has 1 saturated heterocycles. The molecule has 0 radical (unpaired) electrons. The van der Waals surface area contributed by atoms with Gasteiger partial charge in [0.15, 0.2) is 11.2 Å². The normalized spacial score (nSPS) is 22.3. The molecule has 2 aliphatic heterocycles. The molecule has 0 N–H and O–H groups in total. The standard InChI is InChI=1S/C27H18FN3O/c28-21-13-10-19(11-14-21)24-25(26(32)20-7-2-1-3-8-20)31-22-9-5-4-6-18(22)12-15-23(31)27(24,16-29)17-30/h1-15,23-25H/t23-,24-,25+/m1/s1. The van der Waals surface area contributed by atoms with Crippen LogP contribution in [0.5, 0.6) is 0 Å². The van der Waals surface area contributed by atoms with E-state index >= 15 is 0 Å². The number of hydrogen-bond donors (Lipinski definition) is 0. The maximum Gasteiger partial charge on any atom is 0.185 e. The highest BCUT2D eigenvalue weighted by atomic mass is 19.1. The van der Waals surface area contributed by atoms with E-state index in [2.05, 4.69) is 12.1 Å². The Morgan fingerprint density at radius 1 is 0.906 bits per heavy atom. The lowest BCUT2D eigenvalue weighted by molar-refractivity contribution is 0.0951. The highest BCUT2D eigenvalue weighted by Gasteiger charge is 2.63. The highest BCUT2D eigenvalue weighted by molar-refractivity contribution is 6.04. The van der Waals surface area contributed by atoms with E-state index in [-0.39, 0.29) is 5.78 Å². The number of fused-ring (bicyclic) bond motifs is 3. The Bertz CT molecular complexity index is 1290. The van der Waals surface area contributed by atoms with Crippen molar-refractivity contribution in [1.29, 1.82) is 10.5 Å². The Hall–Kier alpha value is -4.22. The van der Waals surface area contributed by atoms with Gasteiger partial charge in [-0.3, -0.25) is 4.79 Å². The fourth-order valence-corrected chi connectivity index (χ4v) is 5.05. The maximum atomic E-state index is 13.9. The number of Topliss-reactive ketones (excluding diaryl/α,β-unsaturated/α-hetero) is 1. The average molecular weight is 419 g/mol. The Balaban J connectivity index is 1.79.